The summed E-state index contributed by atoms with van der Waals surface area (Å²) in [6.07, 6.45) is 12.0. The predicted molar refractivity (Wildman–Crippen MR) is 117 cm³/mol. The monoisotopic (exact) mass is 405 g/mol. The Kier molecular flexibility index (Phi) is 3.76. The molecule has 0 radical (unpaired) electrons. The molecule has 0 fully saturated rings. The van der Waals surface area contributed by atoms with Gasteiger partial charge in [-0.1, -0.05) is 0 Å². The van der Waals surface area contributed by atoms with Gasteiger partial charge in [-0.3, -0.25) is 25.0 Å². The van der Waals surface area contributed by atoms with E-state index < -0.39 is 0 Å². The fraction of sp³-hybridized carbons (Fsp3) is 0. The largest absolute Gasteiger partial charge is 0.506 e. The van der Waals surface area contributed by atoms with Gasteiger partial charge in [0.1, 0.15) is 11.4 Å². The molecule has 0 amide bonds. The summed E-state index contributed by atoms with van der Waals surface area (Å²) >= 11 is 0. The number of pyridine rings is 4. The minimum absolute atomic E-state index is 0.0959. The van der Waals surface area contributed by atoms with Crippen LogP contribution in [-0.4, -0.2) is 40.2 Å². The van der Waals surface area contributed by atoms with E-state index in [1.165, 1.54) is 6.20 Å². The Morgan fingerprint density at radius 1 is 0.742 bits per heavy atom. The molecule has 8 nitrogen and oxygen atoms in total. The maximum absolute atomic E-state index is 9.76. The number of aromatic hydroxyl groups is 1. The molecular formula is C23H15N7O. The van der Waals surface area contributed by atoms with Crippen molar-refractivity contribution in [3.63, 3.8) is 0 Å². The van der Waals surface area contributed by atoms with Crippen LogP contribution in [0.25, 0.3) is 55.6 Å². The van der Waals surface area contributed by atoms with Crippen LogP contribution in [0.2, 0.25) is 0 Å². The Morgan fingerprint density at radius 3 is 2.48 bits per heavy atom. The van der Waals surface area contributed by atoms with E-state index in [1.54, 1.807) is 30.9 Å². The second kappa shape index (κ2) is 6.74. The summed E-state index contributed by atoms with van der Waals surface area (Å²) in [6.45, 7) is 0. The number of hydrogen-bond donors (Lipinski definition) is 3. The lowest BCUT2D eigenvalue weighted by Crippen LogP contribution is -1.85. The van der Waals surface area contributed by atoms with Gasteiger partial charge in [0.05, 0.1) is 41.0 Å². The van der Waals surface area contributed by atoms with E-state index in [4.69, 9.17) is 0 Å². The van der Waals surface area contributed by atoms with E-state index in [2.05, 4.69) is 41.2 Å². The molecule has 148 valence electrons. The Hall–Kier alpha value is -4.59. The summed E-state index contributed by atoms with van der Waals surface area (Å²) in [5.41, 5.74) is 6.90. The quantitative estimate of drug-likeness (QED) is 0.403. The highest BCUT2D eigenvalue weighted by Gasteiger charge is 2.15. The molecule has 0 aliphatic carbocycles. The van der Waals surface area contributed by atoms with Gasteiger partial charge in [-0.05, 0) is 35.9 Å². The van der Waals surface area contributed by atoms with Crippen LogP contribution in [-0.2, 0) is 0 Å². The van der Waals surface area contributed by atoms with Crippen LogP contribution in [0, 0.1) is 0 Å². The second-order valence-corrected chi connectivity index (χ2v) is 7.19. The maximum Gasteiger partial charge on any atom is 0.134 e. The summed E-state index contributed by atoms with van der Waals surface area (Å²) in [4.78, 5) is 20.4. The van der Waals surface area contributed by atoms with Crippen molar-refractivity contribution in [3.8, 4) is 39.5 Å². The molecule has 8 heteroatoms. The third-order valence-corrected chi connectivity index (χ3v) is 5.26. The van der Waals surface area contributed by atoms with Crippen LogP contribution in [0.1, 0.15) is 0 Å². The Labute approximate surface area is 175 Å². The zero-order valence-electron chi connectivity index (χ0n) is 16.1. The lowest BCUT2D eigenvalue weighted by atomic mass is 10.1. The normalized spacial score (nSPS) is 11.4. The minimum Gasteiger partial charge on any atom is -0.506 e. The number of aromatic amines is 2. The Morgan fingerprint density at radius 2 is 1.61 bits per heavy atom. The van der Waals surface area contributed by atoms with Crippen LogP contribution < -0.4 is 0 Å². The van der Waals surface area contributed by atoms with Gasteiger partial charge in [-0.2, -0.15) is 5.10 Å². The highest BCUT2D eigenvalue weighted by atomic mass is 16.3. The summed E-state index contributed by atoms with van der Waals surface area (Å²) in [6, 6.07) is 9.59. The summed E-state index contributed by atoms with van der Waals surface area (Å²) in [5, 5.41) is 19.3. The molecule has 0 aromatic carbocycles. The molecule has 0 aliphatic heterocycles. The van der Waals surface area contributed by atoms with Gasteiger partial charge in [-0.15, -0.1) is 0 Å². The van der Waals surface area contributed by atoms with Gasteiger partial charge in [0.25, 0.3) is 0 Å². The highest BCUT2D eigenvalue weighted by molar-refractivity contribution is 6.01. The highest BCUT2D eigenvalue weighted by Crippen LogP contribution is 2.34. The van der Waals surface area contributed by atoms with E-state index in [0.29, 0.717) is 5.69 Å². The first-order valence-corrected chi connectivity index (χ1v) is 9.62. The average molecular weight is 405 g/mol. The van der Waals surface area contributed by atoms with Crippen molar-refractivity contribution in [1.29, 1.82) is 0 Å². The SMILES string of the molecule is Oc1cncc(-c2cc3c(-c4cc5c(-c6ccncc6)cncc5[nH]4)n[nH]c3cn2)c1. The standard InChI is InChI=1S/C23H15N7O/c31-15-5-14(8-25-9-15)19-7-17-22(12-27-19)29-30-23(17)20-6-16-18(10-26-11-21(16)28-20)13-1-3-24-4-2-13/h1-12,28,31H,(H,29,30). The molecule has 0 saturated carbocycles. The molecule has 6 heterocycles. The number of fused-ring (bicyclic) bond motifs is 2. The van der Waals surface area contributed by atoms with Gasteiger partial charge in [0, 0.05) is 46.7 Å². The molecule has 0 spiro atoms. The molecule has 3 N–H and O–H groups in total. The third-order valence-electron chi connectivity index (χ3n) is 5.26. The number of H-pyrrole nitrogens is 2. The van der Waals surface area contributed by atoms with Gasteiger partial charge >= 0.3 is 0 Å². The van der Waals surface area contributed by atoms with Crippen LogP contribution in [0.5, 0.6) is 5.75 Å². The van der Waals surface area contributed by atoms with Crippen molar-refractivity contribution in [2.24, 2.45) is 0 Å². The number of nitrogens with one attached hydrogen (secondary N) is 2. The van der Waals surface area contributed by atoms with E-state index in [1.807, 2.05) is 30.6 Å². The topological polar surface area (TPSA) is 116 Å². The predicted octanol–water partition coefficient (Wildman–Crippen LogP) is 4.33. The lowest BCUT2D eigenvalue weighted by molar-refractivity contribution is 0.473. The number of hydrogen-bond acceptors (Lipinski definition) is 6. The molecule has 6 rings (SSSR count). The maximum atomic E-state index is 9.76. The van der Waals surface area contributed by atoms with E-state index in [0.717, 1.165) is 49.9 Å². The molecule has 0 unspecified atom stereocenters. The molecule has 31 heavy (non-hydrogen) atoms. The summed E-state index contributed by atoms with van der Waals surface area (Å²) < 4.78 is 0. The third kappa shape index (κ3) is 2.89. The smallest absolute Gasteiger partial charge is 0.134 e. The summed E-state index contributed by atoms with van der Waals surface area (Å²) in [7, 11) is 0. The van der Waals surface area contributed by atoms with E-state index >= 15 is 0 Å². The molecular weight excluding hydrogens is 390 g/mol. The lowest BCUT2D eigenvalue weighted by Gasteiger charge is -2.02. The van der Waals surface area contributed by atoms with Crippen LogP contribution in [0.4, 0.5) is 0 Å². The molecule has 0 bridgehead atoms. The van der Waals surface area contributed by atoms with Crippen molar-refractivity contribution in [3.05, 3.63) is 73.7 Å². The van der Waals surface area contributed by atoms with Crippen molar-refractivity contribution in [2.45, 2.75) is 0 Å². The number of rotatable bonds is 3. The first-order valence-electron chi connectivity index (χ1n) is 9.62. The number of nitrogens with zero attached hydrogens (tertiary/aromatic N) is 5. The minimum atomic E-state index is 0.0959. The number of aromatic nitrogens is 7. The van der Waals surface area contributed by atoms with Crippen LogP contribution >= 0.6 is 0 Å². The fourth-order valence-corrected chi connectivity index (χ4v) is 3.79. The van der Waals surface area contributed by atoms with Crippen molar-refractivity contribution in [1.82, 2.24) is 35.1 Å². The van der Waals surface area contributed by atoms with Gasteiger partial charge < -0.3 is 10.1 Å². The van der Waals surface area contributed by atoms with Crippen LogP contribution in [0.15, 0.2) is 73.7 Å². The van der Waals surface area contributed by atoms with Crippen molar-refractivity contribution < 1.29 is 5.11 Å². The molecule has 0 saturated heterocycles. The van der Waals surface area contributed by atoms with Gasteiger partial charge in [-0.25, -0.2) is 0 Å². The Bertz CT molecular complexity index is 1550. The zero-order chi connectivity index (χ0) is 20.8. The molecule has 0 atom stereocenters. The fourth-order valence-electron chi connectivity index (χ4n) is 3.79. The molecule has 6 aromatic heterocycles. The van der Waals surface area contributed by atoms with Crippen molar-refractivity contribution >= 4 is 21.8 Å². The Balaban J connectivity index is 1.51. The van der Waals surface area contributed by atoms with Gasteiger partial charge in [0.2, 0.25) is 0 Å². The molecule has 6 aromatic rings. The van der Waals surface area contributed by atoms with Crippen LogP contribution in [0.3, 0.4) is 0 Å². The second-order valence-electron chi connectivity index (χ2n) is 7.19. The average Bonchev–Trinajstić information content (AvgIpc) is 3.43. The van der Waals surface area contributed by atoms with Crippen molar-refractivity contribution in [2.75, 3.05) is 0 Å². The van der Waals surface area contributed by atoms with E-state index in [9.17, 15) is 5.11 Å². The first kappa shape index (κ1) is 17.3. The molecule has 0 aliphatic rings. The van der Waals surface area contributed by atoms with Gasteiger partial charge in [0.15, 0.2) is 0 Å². The summed E-state index contributed by atoms with van der Waals surface area (Å²) in [5.74, 6) is 0.0959. The first-order chi connectivity index (χ1) is 15.3. The van der Waals surface area contributed by atoms with E-state index in [-0.39, 0.29) is 5.75 Å². The zero-order valence-corrected chi connectivity index (χ0v) is 16.1.